The van der Waals surface area contributed by atoms with Crippen molar-refractivity contribution < 1.29 is 4.39 Å². The van der Waals surface area contributed by atoms with Gasteiger partial charge in [0.2, 0.25) is 0 Å². The Labute approximate surface area is 84.5 Å². The topological polar surface area (TPSA) is 29.3 Å². The summed E-state index contributed by atoms with van der Waals surface area (Å²) >= 11 is 0. The molecule has 2 nitrogen and oxygen atoms in total. The van der Waals surface area contributed by atoms with Crippen LogP contribution in [0.3, 0.4) is 0 Å². The third-order valence-electron chi connectivity index (χ3n) is 2.00. The van der Waals surface area contributed by atoms with Gasteiger partial charge in [0, 0.05) is 24.7 Å². The van der Waals surface area contributed by atoms with Crippen LogP contribution in [0.2, 0.25) is 0 Å². The maximum Gasteiger partial charge on any atom is 0.127 e. The molecule has 1 unspecified atom stereocenters. The number of nitrogens with two attached hydrogens (primary N) is 1. The summed E-state index contributed by atoms with van der Waals surface area (Å²) in [6.07, 6.45) is 0. The van der Waals surface area contributed by atoms with Gasteiger partial charge in [0.05, 0.1) is 0 Å². The quantitative estimate of drug-likeness (QED) is 0.792. The van der Waals surface area contributed by atoms with Crippen LogP contribution >= 0.6 is 0 Å². The number of benzene rings is 1. The Bertz CT molecular complexity index is 286. The van der Waals surface area contributed by atoms with Crippen LogP contribution in [-0.4, -0.2) is 24.5 Å². The van der Waals surface area contributed by atoms with Crippen molar-refractivity contribution in [2.24, 2.45) is 5.73 Å². The Kier molecular flexibility index (Phi) is 4.04. The molecule has 0 amide bonds. The van der Waals surface area contributed by atoms with Gasteiger partial charge in [-0.2, -0.15) is 0 Å². The molecule has 0 saturated carbocycles. The van der Waals surface area contributed by atoms with E-state index in [0.717, 1.165) is 12.1 Å². The SMILES string of the molecule is CC(N)CN(C)Cc1ccccc1F. The summed E-state index contributed by atoms with van der Waals surface area (Å²) in [6.45, 7) is 3.32. The number of likely N-dealkylation sites (N-methyl/N-ethyl adjacent to an activating group) is 1. The molecule has 0 saturated heterocycles. The van der Waals surface area contributed by atoms with E-state index in [1.54, 1.807) is 12.1 Å². The van der Waals surface area contributed by atoms with Crippen LogP contribution in [0.1, 0.15) is 12.5 Å². The number of hydrogen-bond donors (Lipinski definition) is 1. The summed E-state index contributed by atoms with van der Waals surface area (Å²) in [4.78, 5) is 2.02. The van der Waals surface area contributed by atoms with Gasteiger partial charge in [-0.25, -0.2) is 4.39 Å². The minimum Gasteiger partial charge on any atom is -0.327 e. The maximum atomic E-state index is 13.2. The van der Waals surface area contributed by atoms with E-state index in [2.05, 4.69) is 0 Å². The molecule has 3 heteroatoms. The lowest BCUT2D eigenvalue weighted by molar-refractivity contribution is 0.305. The highest BCUT2D eigenvalue weighted by Gasteiger charge is 2.05. The smallest absolute Gasteiger partial charge is 0.127 e. The van der Waals surface area contributed by atoms with E-state index in [4.69, 9.17) is 5.73 Å². The Morgan fingerprint density at radius 3 is 2.64 bits per heavy atom. The first kappa shape index (κ1) is 11.1. The minimum atomic E-state index is -0.149. The molecular formula is C11H17FN2. The summed E-state index contributed by atoms with van der Waals surface area (Å²) < 4.78 is 13.2. The van der Waals surface area contributed by atoms with Crippen molar-refractivity contribution in [3.8, 4) is 0 Å². The highest BCUT2D eigenvalue weighted by atomic mass is 19.1. The zero-order chi connectivity index (χ0) is 10.6. The highest BCUT2D eigenvalue weighted by Crippen LogP contribution is 2.08. The van der Waals surface area contributed by atoms with Gasteiger partial charge in [0.15, 0.2) is 0 Å². The molecule has 1 rings (SSSR count). The molecule has 0 fully saturated rings. The molecule has 0 spiro atoms. The van der Waals surface area contributed by atoms with Gasteiger partial charge in [0.25, 0.3) is 0 Å². The zero-order valence-corrected chi connectivity index (χ0v) is 8.70. The number of rotatable bonds is 4. The van der Waals surface area contributed by atoms with Gasteiger partial charge in [-0.05, 0) is 20.0 Å². The molecule has 1 aromatic rings. The zero-order valence-electron chi connectivity index (χ0n) is 8.70. The predicted octanol–water partition coefficient (Wildman–Crippen LogP) is 1.60. The van der Waals surface area contributed by atoms with Crippen LogP contribution in [0.15, 0.2) is 24.3 Å². The molecule has 1 aromatic carbocycles. The number of halogens is 1. The second-order valence-corrected chi connectivity index (χ2v) is 3.77. The number of hydrogen-bond acceptors (Lipinski definition) is 2. The van der Waals surface area contributed by atoms with Gasteiger partial charge in [-0.3, -0.25) is 0 Å². The largest absolute Gasteiger partial charge is 0.327 e. The van der Waals surface area contributed by atoms with Crippen LogP contribution in [0.4, 0.5) is 4.39 Å². The van der Waals surface area contributed by atoms with Gasteiger partial charge >= 0.3 is 0 Å². The van der Waals surface area contributed by atoms with Crippen molar-refractivity contribution in [1.29, 1.82) is 0 Å². The molecule has 0 bridgehead atoms. The molecule has 78 valence electrons. The molecule has 0 radical (unpaired) electrons. The normalized spacial score (nSPS) is 13.2. The second-order valence-electron chi connectivity index (χ2n) is 3.77. The molecule has 0 aliphatic rings. The number of nitrogens with zero attached hydrogens (tertiary/aromatic N) is 1. The fraction of sp³-hybridized carbons (Fsp3) is 0.455. The van der Waals surface area contributed by atoms with E-state index in [9.17, 15) is 4.39 Å². The van der Waals surface area contributed by atoms with E-state index in [1.165, 1.54) is 6.07 Å². The van der Waals surface area contributed by atoms with Crippen LogP contribution in [0, 0.1) is 5.82 Å². The Balaban J connectivity index is 2.56. The van der Waals surface area contributed by atoms with Crippen LogP contribution in [-0.2, 0) is 6.54 Å². The third-order valence-corrected chi connectivity index (χ3v) is 2.00. The van der Waals surface area contributed by atoms with E-state index < -0.39 is 0 Å². The van der Waals surface area contributed by atoms with Crippen molar-refractivity contribution in [3.05, 3.63) is 35.6 Å². The van der Waals surface area contributed by atoms with Crippen molar-refractivity contribution in [3.63, 3.8) is 0 Å². The van der Waals surface area contributed by atoms with Crippen molar-refractivity contribution in [1.82, 2.24) is 4.90 Å². The molecule has 14 heavy (non-hydrogen) atoms. The van der Waals surface area contributed by atoms with Gasteiger partial charge < -0.3 is 10.6 Å². The average molecular weight is 196 g/mol. The summed E-state index contributed by atoms with van der Waals surface area (Å²) in [7, 11) is 1.94. The highest BCUT2D eigenvalue weighted by molar-refractivity contribution is 5.16. The van der Waals surface area contributed by atoms with Crippen molar-refractivity contribution in [2.75, 3.05) is 13.6 Å². The molecule has 2 N–H and O–H groups in total. The van der Waals surface area contributed by atoms with Crippen LogP contribution in [0.25, 0.3) is 0 Å². The summed E-state index contributed by atoms with van der Waals surface area (Å²) in [5.74, 6) is -0.149. The lowest BCUT2D eigenvalue weighted by atomic mass is 10.2. The molecule has 0 heterocycles. The molecule has 0 aromatic heterocycles. The van der Waals surface area contributed by atoms with E-state index in [0.29, 0.717) is 6.54 Å². The van der Waals surface area contributed by atoms with E-state index in [1.807, 2.05) is 24.9 Å². The summed E-state index contributed by atoms with van der Waals surface area (Å²) in [6, 6.07) is 6.94. The Morgan fingerprint density at radius 2 is 2.07 bits per heavy atom. The fourth-order valence-electron chi connectivity index (χ4n) is 1.47. The second kappa shape index (κ2) is 5.08. The lowest BCUT2D eigenvalue weighted by Crippen LogP contribution is -2.32. The minimum absolute atomic E-state index is 0.117. The molecule has 0 aliphatic heterocycles. The van der Waals surface area contributed by atoms with Crippen molar-refractivity contribution >= 4 is 0 Å². The Morgan fingerprint density at radius 1 is 1.43 bits per heavy atom. The average Bonchev–Trinajstić information content (AvgIpc) is 2.07. The monoisotopic (exact) mass is 196 g/mol. The summed E-state index contributed by atoms with van der Waals surface area (Å²) in [5, 5.41) is 0. The van der Waals surface area contributed by atoms with Gasteiger partial charge in [0.1, 0.15) is 5.82 Å². The molecule has 1 atom stereocenters. The first-order valence-electron chi connectivity index (χ1n) is 4.77. The van der Waals surface area contributed by atoms with Gasteiger partial charge in [-0.1, -0.05) is 18.2 Å². The third kappa shape index (κ3) is 3.44. The van der Waals surface area contributed by atoms with Crippen molar-refractivity contribution in [2.45, 2.75) is 19.5 Å². The van der Waals surface area contributed by atoms with E-state index in [-0.39, 0.29) is 11.9 Å². The standard InChI is InChI=1S/C11H17FN2/c1-9(13)7-14(2)8-10-5-3-4-6-11(10)12/h3-6,9H,7-8,13H2,1-2H3. The maximum absolute atomic E-state index is 13.2. The first-order valence-corrected chi connectivity index (χ1v) is 4.77. The first-order chi connectivity index (χ1) is 6.59. The summed E-state index contributed by atoms with van der Waals surface area (Å²) in [5.41, 5.74) is 6.37. The fourth-order valence-corrected chi connectivity index (χ4v) is 1.47. The molecular weight excluding hydrogens is 179 g/mol. The lowest BCUT2D eigenvalue weighted by Gasteiger charge is -2.18. The predicted molar refractivity (Wildman–Crippen MR) is 56.4 cm³/mol. The Hall–Kier alpha value is -0.930. The van der Waals surface area contributed by atoms with Crippen LogP contribution < -0.4 is 5.73 Å². The molecule has 0 aliphatic carbocycles. The van der Waals surface area contributed by atoms with Crippen LogP contribution in [0.5, 0.6) is 0 Å². The van der Waals surface area contributed by atoms with E-state index >= 15 is 0 Å². The van der Waals surface area contributed by atoms with Gasteiger partial charge in [-0.15, -0.1) is 0 Å².